The van der Waals surface area contributed by atoms with Crippen LogP contribution in [0.3, 0.4) is 0 Å². The minimum absolute atomic E-state index is 0.658. The summed E-state index contributed by atoms with van der Waals surface area (Å²) in [5.41, 5.74) is 0. The molecule has 0 spiro atoms. The van der Waals surface area contributed by atoms with Gasteiger partial charge in [0.15, 0.2) is 0 Å². The zero-order chi connectivity index (χ0) is 11.5. The van der Waals surface area contributed by atoms with Gasteiger partial charge in [-0.15, -0.1) is 0 Å². The Labute approximate surface area is 95.8 Å². The van der Waals surface area contributed by atoms with E-state index in [0.717, 1.165) is 32.1 Å². The minimum Gasteiger partial charge on any atom is -0.382 e. The lowest BCUT2D eigenvalue weighted by Crippen LogP contribution is -2.27. The van der Waals surface area contributed by atoms with E-state index in [4.69, 9.17) is 4.74 Å². The summed E-state index contributed by atoms with van der Waals surface area (Å²) in [7, 11) is 0. The number of hydrogen-bond acceptors (Lipinski definition) is 2. The zero-order valence-corrected chi connectivity index (χ0v) is 11.0. The molecule has 92 valence electrons. The van der Waals surface area contributed by atoms with Crippen molar-refractivity contribution < 1.29 is 4.74 Å². The van der Waals surface area contributed by atoms with E-state index >= 15 is 0 Å². The van der Waals surface area contributed by atoms with Gasteiger partial charge in [0.05, 0.1) is 0 Å². The second-order valence-electron chi connectivity index (χ2n) is 4.73. The quantitative estimate of drug-likeness (QED) is 0.565. The van der Waals surface area contributed by atoms with Gasteiger partial charge in [-0.2, -0.15) is 0 Å². The number of ether oxygens (including phenoxy) is 1. The second kappa shape index (κ2) is 10.4. The first kappa shape index (κ1) is 14.9. The average Bonchev–Trinajstić information content (AvgIpc) is 2.17. The van der Waals surface area contributed by atoms with Crippen molar-refractivity contribution >= 4 is 0 Å². The molecule has 1 atom stereocenters. The van der Waals surface area contributed by atoms with Crippen LogP contribution in [-0.2, 0) is 4.74 Å². The Morgan fingerprint density at radius 2 is 1.80 bits per heavy atom. The van der Waals surface area contributed by atoms with E-state index in [0.29, 0.717) is 6.04 Å². The van der Waals surface area contributed by atoms with Crippen molar-refractivity contribution in [3.8, 4) is 0 Å². The summed E-state index contributed by atoms with van der Waals surface area (Å²) in [5, 5.41) is 3.54. The van der Waals surface area contributed by atoms with Gasteiger partial charge in [0.25, 0.3) is 0 Å². The molecule has 0 radical (unpaired) electrons. The molecule has 0 aliphatic carbocycles. The molecule has 0 aromatic rings. The SMILES string of the molecule is CCOCCCNC(C)CCCC(C)C. The summed E-state index contributed by atoms with van der Waals surface area (Å²) >= 11 is 0. The van der Waals surface area contributed by atoms with E-state index in [9.17, 15) is 0 Å². The number of nitrogens with one attached hydrogen (secondary N) is 1. The van der Waals surface area contributed by atoms with Gasteiger partial charge in [-0.25, -0.2) is 0 Å². The highest BCUT2D eigenvalue weighted by atomic mass is 16.5. The predicted molar refractivity (Wildman–Crippen MR) is 67.3 cm³/mol. The van der Waals surface area contributed by atoms with Crippen LogP contribution in [0.25, 0.3) is 0 Å². The van der Waals surface area contributed by atoms with Gasteiger partial charge in [-0.1, -0.05) is 26.7 Å². The standard InChI is InChI=1S/C13H29NO/c1-5-15-11-7-10-14-13(4)9-6-8-12(2)3/h12-14H,5-11H2,1-4H3. The maximum absolute atomic E-state index is 5.29. The maximum atomic E-state index is 5.29. The van der Waals surface area contributed by atoms with Gasteiger partial charge in [-0.05, 0) is 39.2 Å². The van der Waals surface area contributed by atoms with Crippen molar-refractivity contribution in [1.29, 1.82) is 0 Å². The smallest absolute Gasteiger partial charge is 0.0477 e. The van der Waals surface area contributed by atoms with Crippen LogP contribution >= 0.6 is 0 Å². The van der Waals surface area contributed by atoms with Crippen molar-refractivity contribution in [1.82, 2.24) is 5.32 Å². The van der Waals surface area contributed by atoms with Crippen LogP contribution in [0.2, 0.25) is 0 Å². The molecule has 0 heterocycles. The molecular weight excluding hydrogens is 186 g/mol. The van der Waals surface area contributed by atoms with E-state index in [2.05, 4.69) is 26.1 Å². The molecule has 0 aliphatic rings. The van der Waals surface area contributed by atoms with Crippen molar-refractivity contribution in [3.63, 3.8) is 0 Å². The van der Waals surface area contributed by atoms with Crippen LogP contribution in [0.4, 0.5) is 0 Å². The third-order valence-electron chi connectivity index (χ3n) is 2.58. The molecule has 0 amide bonds. The molecule has 0 bridgehead atoms. The van der Waals surface area contributed by atoms with Gasteiger partial charge in [-0.3, -0.25) is 0 Å². The highest BCUT2D eigenvalue weighted by molar-refractivity contribution is 4.61. The second-order valence-corrected chi connectivity index (χ2v) is 4.73. The third-order valence-corrected chi connectivity index (χ3v) is 2.58. The molecule has 0 saturated carbocycles. The molecule has 0 aromatic carbocycles. The largest absolute Gasteiger partial charge is 0.382 e. The van der Waals surface area contributed by atoms with E-state index in [1.807, 2.05) is 6.92 Å². The van der Waals surface area contributed by atoms with E-state index in [1.165, 1.54) is 19.3 Å². The lowest BCUT2D eigenvalue weighted by molar-refractivity contribution is 0.144. The van der Waals surface area contributed by atoms with Gasteiger partial charge < -0.3 is 10.1 Å². The van der Waals surface area contributed by atoms with Crippen molar-refractivity contribution in [3.05, 3.63) is 0 Å². The fourth-order valence-corrected chi connectivity index (χ4v) is 1.60. The molecule has 0 fully saturated rings. The Kier molecular flexibility index (Phi) is 10.4. The summed E-state index contributed by atoms with van der Waals surface area (Å²) in [5.74, 6) is 0.843. The molecule has 0 rings (SSSR count). The summed E-state index contributed by atoms with van der Waals surface area (Å²) in [4.78, 5) is 0. The summed E-state index contributed by atoms with van der Waals surface area (Å²) in [6.45, 7) is 11.7. The Morgan fingerprint density at radius 1 is 1.07 bits per heavy atom. The Balaban J connectivity index is 3.15. The topological polar surface area (TPSA) is 21.3 Å². The third kappa shape index (κ3) is 11.8. The minimum atomic E-state index is 0.658. The van der Waals surface area contributed by atoms with Crippen LogP contribution in [0.1, 0.15) is 53.4 Å². The zero-order valence-electron chi connectivity index (χ0n) is 11.0. The Bertz CT molecular complexity index is 126. The summed E-state index contributed by atoms with van der Waals surface area (Å²) in [6.07, 6.45) is 5.12. The average molecular weight is 215 g/mol. The van der Waals surface area contributed by atoms with E-state index in [-0.39, 0.29) is 0 Å². The van der Waals surface area contributed by atoms with Crippen LogP contribution in [0, 0.1) is 5.92 Å². The van der Waals surface area contributed by atoms with Crippen LogP contribution < -0.4 is 5.32 Å². The van der Waals surface area contributed by atoms with Gasteiger partial charge in [0.2, 0.25) is 0 Å². The van der Waals surface area contributed by atoms with Gasteiger partial charge >= 0.3 is 0 Å². The highest BCUT2D eigenvalue weighted by Gasteiger charge is 2.01. The number of rotatable bonds is 10. The van der Waals surface area contributed by atoms with Gasteiger partial charge in [0, 0.05) is 19.3 Å². The van der Waals surface area contributed by atoms with E-state index < -0.39 is 0 Å². The molecule has 15 heavy (non-hydrogen) atoms. The maximum Gasteiger partial charge on any atom is 0.0477 e. The molecule has 1 unspecified atom stereocenters. The molecule has 2 heteroatoms. The normalized spacial score (nSPS) is 13.4. The molecule has 0 aromatic heterocycles. The fraction of sp³-hybridized carbons (Fsp3) is 1.00. The van der Waals surface area contributed by atoms with Gasteiger partial charge in [0.1, 0.15) is 0 Å². The van der Waals surface area contributed by atoms with Crippen LogP contribution in [-0.4, -0.2) is 25.8 Å². The lowest BCUT2D eigenvalue weighted by atomic mass is 10.0. The molecule has 0 aliphatic heterocycles. The molecule has 2 nitrogen and oxygen atoms in total. The van der Waals surface area contributed by atoms with Crippen molar-refractivity contribution in [2.24, 2.45) is 5.92 Å². The Hall–Kier alpha value is -0.0800. The Morgan fingerprint density at radius 3 is 2.40 bits per heavy atom. The van der Waals surface area contributed by atoms with Crippen molar-refractivity contribution in [2.75, 3.05) is 19.8 Å². The number of hydrogen-bond donors (Lipinski definition) is 1. The highest BCUT2D eigenvalue weighted by Crippen LogP contribution is 2.07. The first-order valence-corrected chi connectivity index (χ1v) is 6.48. The molecule has 1 N–H and O–H groups in total. The van der Waals surface area contributed by atoms with Crippen LogP contribution in [0.15, 0.2) is 0 Å². The van der Waals surface area contributed by atoms with E-state index in [1.54, 1.807) is 0 Å². The predicted octanol–water partition coefficient (Wildman–Crippen LogP) is 3.22. The summed E-state index contributed by atoms with van der Waals surface area (Å²) in [6, 6.07) is 0.658. The first-order chi connectivity index (χ1) is 7.16. The monoisotopic (exact) mass is 215 g/mol. The molecular formula is C13H29NO. The van der Waals surface area contributed by atoms with Crippen LogP contribution in [0.5, 0.6) is 0 Å². The lowest BCUT2D eigenvalue weighted by Gasteiger charge is -2.14. The molecule has 0 saturated heterocycles. The summed E-state index contributed by atoms with van der Waals surface area (Å²) < 4.78 is 5.29. The van der Waals surface area contributed by atoms with Crippen molar-refractivity contribution in [2.45, 2.75) is 59.4 Å². The first-order valence-electron chi connectivity index (χ1n) is 6.48. The fourth-order valence-electron chi connectivity index (χ4n) is 1.60.